The molecule has 0 aromatic heterocycles. The van der Waals surface area contributed by atoms with E-state index in [0.29, 0.717) is 11.9 Å². The van der Waals surface area contributed by atoms with Gasteiger partial charge < -0.3 is 9.80 Å². The van der Waals surface area contributed by atoms with Crippen LogP contribution in [0.5, 0.6) is 0 Å². The summed E-state index contributed by atoms with van der Waals surface area (Å²) in [6, 6.07) is 0.647. The van der Waals surface area contributed by atoms with Crippen LogP contribution in [0.1, 0.15) is 40.0 Å². The Kier molecular flexibility index (Phi) is 4.36. The van der Waals surface area contributed by atoms with Crippen molar-refractivity contribution >= 4 is 5.91 Å². The summed E-state index contributed by atoms with van der Waals surface area (Å²) < 4.78 is 0. The van der Waals surface area contributed by atoms with Crippen LogP contribution in [0.2, 0.25) is 0 Å². The lowest BCUT2D eigenvalue weighted by atomic mass is 9.87. The van der Waals surface area contributed by atoms with Crippen LogP contribution in [-0.4, -0.2) is 48.9 Å². The Hall–Kier alpha value is -0.570. The van der Waals surface area contributed by atoms with Crippen molar-refractivity contribution in [2.45, 2.75) is 46.1 Å². The van der Waals surface area contributed by atoms with Gasteiger partial charge in [-0.05, 0) is 33.4 Å². The molecule has 0 saturated carbocycles. The number of hydrogen-bond donors (Lipinski definition) is 0. The highest BCUT2D eigenvalue weighted by molar-refractivity contribution is 5.81. The minimum absolute atomic E-state index is 0.190. The molecule has 3 nitrogen and oxygen atoms in total. The van der Waals surface area contributed by atoms with E-state index in [1.807, 2.05) is 18.7 Å². The molecular formula is C13H26N2O. The molecule has 16 heavy (non-hydrogen) atoms. The Morgan fingerprint density at radius 1 is 1.31 bits per heavy atom. The normalized spacial score (nSPS) is 19.2. The molecule has 0 radical (unpaired) electrons. The van der Waals surface area contributed by atoms with Crippen molar-refractivity contribution in [1.82, 2.24) is 9.80 Å². The average Bonchev–Trinajstić information content (AvgIpc) is 2.28. The van der Waals surface area contributed by atoms with Crippen molar-refractivity contribution < 1.29 is 4.79 Å². The van der Waals surface area contributed by atoms with Crippen LogP contribution in [0.4, 0.5) is 0 Å². The quantitative estimate of drug-likeness (QED) is 0.734. The van der Waals surface area contributed by atoms with E-state index in [4.69, 9.17) is 0 Å². The van der Waals surface area contributed by atoms with E-state index in [1.165, 1.54) is 0 Å². The van der Waals surface area contributed by atoms with Gasteiger partial charge in [-0.2, -0.15) is 0 Å². The molecule has 0 spiro atoms. The molecule has 1 heterocycles. The van der Waals surface area contributed by atoms with Crippen molar-refractivity contribution in [1.29, 1.82) is 0 Å². The molecule has 3 heteroatoms. The zero-order chi connectivity index (χ0) is 12.3. The van der Waals surface area contributed by atoms with E-state index < -0.39 is 0 Å². The second-order valence-electron chi connectivity index (χ2n) is 5.72. The number of carbonyl (C=O) groups excluding carboxylic acids is 1. The molecule has 0 atom stereocenters. The molecule has 1 aliphatic rings. The number of hydrogen-bond acceptors (Lipinski definition) is 2. The highest BCUT2D eigenvalue weighted by Gasteiger charge is 2.32. The monoisotopic (exact) mass is 226 g/mol. The molecule has 94 valence electrons. The summed E-state index contributed by atoms with van der Waals surface area (Å²) in [6.07, 6.45) is 3.14. The lowest BCUT2D eigenvalue weighted by Crippen LogP contribution is -2.48. The van der Waals surface area contributed by atoms with E-state index >= 15 is 0 Å². The lowest BCUT2D eigenvalue weighted by molar-refractivity contribution is -0.142. The third-order valence-electron chi connectivity index (χ3n) is 3.94. The van der Waals surface area contributed by atoms with Gasteiger partial charge in [-0.25, -0.2) is 0 Å². The van der Waals surface area contributed by atoms with E-state index in [1.54, 1.807) is 0 Å². The molecule has 1 aliphatic heterocycles. The fourth-order valence-electron chi connectivity index (χ4n) is 2.16. The van der Waals surface area contributed by atoms with Crippen molar-refractivity contribution in [2.75, 3.05) is 27.2 Å². The van der Waals surface area contributed by atoms with Crippen LogP contribution in [0.3, 0.4) is 0 Å². The van der Waals surface area contributed by atoms with Gasteiger partial charge in [-0.15, -0.1) is 0 Å². The topological polar surface area (TPSA) is 23.6 Å². The number of carbonyl (C=O) groups is 1. The van der Waals surface area contributed by atoms with Crippen LogP contribution in [0.15, 0.2) is 0 Å². The Bertz CT molecular complexity index is 240. The summed E-state index contributed by atoms with van der Waals surface area (Å²) >= 11 is 0. The Balaban J connectivity index is 2.51. The van der Waals surface area contributed by atoms with Crippen LogP contribution < -0.4 is 0 Å². The molecule has 0 aliphatic carbocycles. The van der Waals surface area contributed by atoms with Gasteiger partial charge in [0.2, 0.25) is 5.91 Å². The first-order valence-electron chi connectivity index (χ1n) is 6.34. The molecule has 1 saturated heterocycles. The van der Waals surface area contributed by atoms with Gasteiger partial charge in [0.25, 0.3) is 0 Å². The third-order valence-corrected chi connectivity index (χ3v) is 3.94. The molecule has 0 aromatic carbocycles. The van der Waals surface area contributed by atoms with Gasteiger partial charge in [0.05, 0.1) is 0 Å². The van der Waals surface area contributed by atoms with Crippen molar-refractivity contribution in [3.8, 4) is 0 Å². The highest BCUT2D eigenvalue weighted by atomic mass is 16.2. The van der Waals surface area contributed by atoms with Gasteiger partial charge in [-0.1, -0.05) is 20.8 Å². The average molecular weight is 226 g/mol. The largest absolute Gasteiger partial charge is 0.342 e. The summed E-state index contributed by atoms with van der Waals surface area (Å²) in [6.45, 7) is 8.03. The molecule has 0 aromatic rings. The van der Waals surface area contributed by atoms with E-state index in [0.717, 1.165) is 32.4 Å². The Morgan fingerprint density at radius 2 is 1.81 bits per heavy atom. The lowest BCUT2D eigenvalue weighted by Gasteiger charge is -2.38. The van der Waals surface area contributed by atoms with E-state index in [-0.39, 0.29) is 5.41 Å². The number of rotatable bonds is 3. The number of amides is 1. The van der Waals surface area contributed by atoms with E-state index in [2.05, 4.69) is 25.9 Å². The third kappa shape index (κ3) is 2.97. The molecular weight excluding hydrogens is 200 g/mol. The SMILES string of the molecule is CCC(C)(C)C(=O)N1CCC(N(C)C)CC1. The summed E-state index contributed by atoms with van der Waals surface area (Å²) in [4.78, 5) is 16.6. The van der Waals surface area contributed by atoms with Gasteiger partial charge >= 0.3 is 0 Å². The fraction of sp³-hybridized carbons (Fsp3) is 0.923. The van der Waals surface area contributed by atoms with Crippen LogP contribution >= 0.6 is 0 Å². The molecule has 0 bridgehead atoms. The predicted molar refractivity (Wildman–Crippen MR) is 67.4 cm³/mol. The summed E-state index contributed by atoms with van der Waals surface area (Å²) in [7, 11) is 4.25. The van der Waals surface area contributed by atoms with Crippen molar-refractivity contribution in [3.05, 3.63) is 0 Å². The maximum atomic E-state index is 12.2. The minimum atomic E-state index is -0.190. The van der Waals surface area contributed by atoms with Gasteiger partial charge in [0.15, 0.2) is 0 Å². The Morgan fingerprint density at radius 3 is 2.19 bits per heavy atom. The fourth-order valence-corrected chi connectivity index (χ4v) is 2.16. The maximum absolute atomic E-state index is 12.2. The number of nitrogens with zero attached hydrogens (tertiary/aromatic N) is 2. The molecule has 0 N–H and O–H groups in total. The smallest absolute Gasteiger partial charge is 0.228 e. The molecule has 1 amide bonds. The van der Waals surface area contributed by atoms with E-state index in [9.17, 15) is 4.79 Å². The number of likely N-dealkylation sites (tertiary alicyclic amines) is 1. The molecule has 1 rings (SSSR count). The first-order valence-corrected chi connectivity index (χ1v) is 6.34. The molecule has 0 unspecified atom stereocenters. The number of piperidine rings is 1. The van der Waals surface area contributed by atoms with Crippen molar-refractivity contribution in [3.63, 3.8) is 0 Å². The predicted octanol–water partition coefficient (Wildman–Crippen LogP) is 1.98. The molecule has 1 fully saturated rings. The van der Waals surface area contributed by atoms with Gasteiger partial charge in [0.1, 0.15) is 0 Å². The summed E-state index contributed by atoms with van der Waals surface area (Å²) in [5, 5.41) is 0. The minimum Gasteiger partial charge on any atom is -0.342 e. The second-order valence-corrected chi connectivity index (χ2v) is 5.72. The first kappa shape index (κ1) is 13.5. The standard InChI is InChI=1S/C13H26N2O/c1-6-13(2,3)12(16)15-9-7-11(8-10-15)14(4)5/h11H,6-10H2,1-5H3. The highest BCUT2D eigenvalue weighted by Crippen LogP contribution is 2.25. The van der Waals surface area contributed by atoms with Gasteiger partial charge in [-0.3, -0.25) is 4.79 Å². The summed E-state index contributed by atoms with van der Waals surface area (Å²) in [5.41, 5.74) is -0.190. The zero-order valence-corrected chi connectivity index (χ0v) is 11.4. The van der Waals surface area contributed by atoms with Crippen molar-refractivity contribution in [2.24, 2.45) is 5.41 Å². The van der Waals surface area contributed by atoms with Gasteiger partial charge in [0, 0.05) is 24.5 Å². The van der Waals surface area contributed by atoms with Crippen LogP contribution in [0.25, 0.3) is 0 Å². The first-order chi connectivity index (χ1) is 7.38. The second kappa shape index (κ2) is 5.17. The van der Waals surface area contributed by atoms with Crippen LogP contribution in [-0.2, 0) is 4.79 Å². The summed E-state index contributed by atoms with van der Waals surface area (Å²) in [5.74, 6) is 0.326. The zero-order valence-electron chi connectivity index (χ0n) is 11.4. The van der Waals surface area contributed by atoms with Crippen LogP contribution in [0, 0.1) is 5.41 Å². The Labute approximate surface area is 99.8 Å². The maximum Gasteiger partial charge on any atom is 0.228 e.